The van der Waals surface area contributed by atoms with Crippen LogP contribution in [0.5, 0.6) is 0 Å². The maximum Gasteiger partial charge on any atom is 0.255 e. The highest BCUT2D eigenvalue weighted by Gasteiger charge is 2.09. The van der Waals surface area contributed by atoms with Crippen LogP contribution in [0.4, 0.5) is 11.4 Å². The van der Waals surface area contributed by atoms with E-state index in [-0.39, 0.29) is 5.56 Å². The highest BCUT2D eigenvalue weighted by molar-refractivity contribution is 5.96. The molecule has 0 aliphatic rings. The summed E-state index contributed by atoms with van der Waals surface area (Å²) >= 11 is 0. The third-order valence-corrected chi connectivity index (χ3v) is 3.94. The van der Waals surface area contributed by atoms with E-state index in [2.05, 4.69) is 15.3 Å². The third kappa shape index (κ3) is 2.65. The lowest BCUT2D eigenvalue weighted by atomic mass is 10.0. The van der Waals surface area contributed by atoms with Gasteiger partial charge in [0.15, 0.2) is 0 Å². The molecule has 4 aromatic rings. The van der Waals surface area contributed by atoms with Gasteiger partial charge in [-0.15, -0.1) is 0 Å². The van der Waals surface area contributed by atoms with E-state index in [9.17, 15) is 4.79 Å². The van der Waals surface area contributed by atoms with Gasteiger partial charge in [0.1, 0.15) is 0 Å². The lowest BCUT2D eigenvalue weighted by Gasteiger charge is -2.10. The van der Waals surface area contributed by atoms with E-state index >= 15 is 0 Å². The average molecular weight is 313 g/mol. The summed E-state index contributed by atoms with van der Waals surface area (Å²) in [7, 11) is 0. The highest BCUT2D eigenvalue weighted by atomic mass is 16.1. The normalized spacial score (nSPS) is 10.7. The van der Waals surface area contributed by atoms with Crippen molar-refractivity contribution in [3.05, 3.63) is 89.6 Å². The summed E-state index contributed by atoms with van der Waals surface area (Å²) in [4.78, 5) is 19.3. The first-order valence-electron chi connectivity index (χ1n) is 7.69. The van der Waals surface area contributed by atoms with Gasteiger partial charge >= 0.3 is 0 Å². The Morgan fingerprint density at radius 2 is 1.75 bits per heavy atom. The number of para-hydroxylation sites is 1. The van der Waals surface area contributed by atoms with E-state index in [0.29, 0.717) is 5.56 Å². The van der Waals surface area contributed by atoms with Gasteiger partial charge in [0.25, 0.3) is 5.56 Å². The molecule has 0 amide bonds. The summed E-state index contributed by atoms with van der Waals surface area (Å²) in [5.74, 6) is 0. The minimum absolute atomic E-state index is 0.113. The van der Waals surface area contributed by atoms with Gasteiger partial charge in [-0.1, -0.05) is 36.4 Å². The van der Waals surface area contributed by atoms with Crippen LogP contribution in [-0.4, -0.2) is 9.97 Å². The molecule has 0 fully saturated rings. The number of nitrogens with one attached hydrogen (secondary N) is 2. The number of anilines is 2. The van der Waals surface area contributed by atoms with E-state index in [4.69, 9.17) is 0 Å². The van der Waals surface area contributed by atoms with E-state index in [1.807, 2.05) is 60.7 Å². The molecule has 4 nitrogen and oxygen atoms in total. The number of aromatic nitrogens is 2. The molecule has 0 aliphatic carbocycles. The van der Waals surface area contributed by atoms with Gasteiger partial charge in [0, 0.05) is 35.2 Å². The number of pyridine rings is 2. The second kappa shape index (κ2) is 6.01. The van der Waals surface area contributed by atoms with Crippen LogP contribution in [0.15, 0.2) is 84.0 Å². The Hall–Kier alpha value is -3.40. The molecule has 2 heterocycles. The fraction of sp³-hybridized carbons (Fsp3) is 0. The molecule has 4 rings (SSSR count). The van der Waals surface area contributed by atoms with Gasteiger partial charge in [0.2, 0.25) is 0 Å². The number of aromatic amines is 1. The molecule has 2 aromatic carbocycles. The molecule has 0 atom stereocenters. The zero-order valence-corrected chi connectivity index (χ0v) is 12.9. The van der Waals surface area contributed by atoms with Crippen molar-refractivity contribution >= 4 is 22.1 Å². The SMILES string of the molecule is O=c1[nH]cc(Nc2ccccc2)cc1-c1cccc2cnccc12. The minimum Gasteiger partial charge on any atom is -0.354 e. The lowest BCUT2D eigenvalue weighted by molar-refractivity contribution is 1.24. The summed E-state index contributed by atoms with van der Waals surface area (Å²) in [6, 6.07) is 19.6. The molecule has 2 N–H and O–H groups in total. The summed E-state index contributed by atoms with van der Waals surface area (Å²) in [6.45, 7) is 0. The maximum atomic E-state index is 12.4. The number of hydrogen-bond donors (Lipinski definition) is 2. The smallest absolute Gasteiger partial charge is 0.255 e. The summed E-state index contributed by atoms with van der Waals surface area (Å²) in [5, 5.41) is 5.33. The topological polar surface area (TPSA) is 57.8 Å². The van der Waals surface area contributed by atoms with E-state index in [1.165, 1.54) is 0 Å². The first-order chi connectivity index (χ1) is 11.8. The predicted octanol–water partition coefficient (Wildman–Crippen LogP) is 4.33. The van der Waals surface area contributed by atoms with Gasteiger partial charge < -0.3 is 10.3 Å². The first kappa shape index (κ1) is 14.2. The van der Waals surface area contributed by atoms with Crippen molar-refractivity contribution in [2.24, 2.45) is 0 Å². The van der Waals surface area contributed by atoms with Crippen molar-refractivity contribution in [1.29, 1.82) is 0 Å². The molecule has 0 radical (unpaired) electrons. The molecule has 0 unspecified atom stereocenters. The number of fused-ring (bicyclic) bond motifs is 1. The van der Waals surface area contributed by atoms with Crippen molar-refractivity contribution in [2.45, 2.75) is 0 Å². The van der Waals surface area contributed by atoms with Gasteiger partial charge in [0.05, 0.1) is 5.69 Å². The van der Waals surface area contributed by atoms with Crippen LogP contribution in [-0.2, 0) is 0 Å². The van der Waals surface area contributed by atoms with E-state index in [1.54, 1.807) is 18.6 Å². The van der Waals surface area contributed by atoms with Crippen LogP contribution in [0.1, 0.15) is 0 Å². The Balaban J connectivity index is 1.83. The van der Waals surface area contributed by atoms with Crippen molar-refractivity contribution in [3.8, 4) is 11.1 Å². The van der Waals surface area contributed by atoms with Crippen molar-refractivity contribution in [2.75, 3.05) is 5.32 Å². The monoisotopic (exact) mass is 313 g/mol. The third-order valence-electron chi connectivity index (χ3n) is 3.94. The number of hydrogen-bond acceptors (Lipinski definition) is 3. The largest absolute Gasteiger partial charge is 0.354 e. The second-order valence-electron chi connectivity index (χ2n) is 5.52. The van der Waals surface area contributed by atoms with Crippen molar-refractivity contribution in [1.82, 2.24) is 9.97 Å². The lowest BCUT2D eigenvalue weighted by Crippen LogP contribution is -2.09. The molecular weight excluding hydrogens is 298 g/mol. The highest BCUT2D eigenvalue weighted by Crippen LogP contribution is 2.27. The predicted molar refractivity (Wildman–Crippen MR) is 97.5 cm³/mol. The van der Waals surface area contributed by atoms with Gasteiger partial charge in [-0.05, 0) is 35.2 Å². The van der Waals surface area contributed by atoms with Crippen molar-refractivity contribution < 1.29 is 0 Å². The molecule has 116 valence electrons. The number of H-pyrrole nitrogens is 1. The summed E-state index contributed by atoms with van der Waals surface area (Å²) in [6.07, 6.45) is 5.23. The Morgan fingerprint density at radius 3 is 2.62 bits per heavy atom. The van der Waals surface area contributed by atoms with E-state index < -0.39 is 0 Å². The quantitative estimate of drug-likeness (QED) is 0.592. The molecule has 0 saturated carbocycles. The Morgan fingerprint density at radius 1 is 0.875 bits per heavy atom. The summed E-state index contributed by atoms with van der Waals surface area (Å²) < 4.78 is 0. The fourth-order valence-electron chi connectivity index (χ4n) is 2.80. The second-order valence-corrected chi connectivity index (χ2v) is 5.52. The molecule has 24 heavy (non-hydrogen) atoms. The molecule has 0 spiro atoms. The van der Waals surface area contributed by atoms with Gasteiger partial charge in [-0.25, -0.2) is 0 Å². The number of nitrogens with zero attached hydrogens (tertiary/aromatic N) is 1. The van der Waals surface area contributed by atoms with Crippen LogP contribution in [0.2, 0.25) is 0 Å². The van der Waals surface area contributed by atoms with Gasteiger partial charge in [-0.3, -0.25) is 9.78 Å². The molecule has 0 bridgehead atoms. The molecule has 2 aromatic heterocycles. The Kier molecular flexibility index (Phi) is 3.56. The Labute approximate surface area is 138 Å². The summed E-state index contributed by atoms with van der Waals surface area (Å²) in [5.41, 5.74) is 3.22. The van der Waals surface area contributed by atoms with Crippen LogP contribution in [0.25, 0.3) is 21.9 Å². The first-order valence-corrected chi connectivity index (χ1v) is 7.69. The molecule has 0 aliphatic heterocycles. The van der Waals surface area contributed by atoms with Gasteiger partial charge in [-0.2, -0.15) is 0 Å². The Bertz CT molecular complexity index is 1050. The fourth-order valence-corrected chi connectivity index (χ4v) is 2.80. The maximum absolute atomic E-state index is 12.4. The molecule has 0 saturated heterocycles. The van der Waals surface area contributed by atoms with Crippen LogP contribution in [0, 0.1) is 0 Å². The van der Waals surface area contributed by atoms with Crippen LogP contribution < -0.4 is 10.9 Å². The standard InChI is InChI=1S/C20H15N3O/c24-20-19(18-8-4-5-14-12-21-10-9-17(14)18)11-16(13-22-20)23-15-6-2-1-3-7-15/h1-13,23H,(H,22,24). The van der Waals surface area contributed by atoms with Crippen LogP contribution in [0.3, 0.4) is 0 Å². The minimum atomic E-state index is -0.113. The number of benzene rings is 2. The average Bonchev–Trinajstić information content (AvgIpc) is 2.64. The molecular formula is C20H15N3O. The zero-order valence-electron chi connectivity index (χ0n) is 12.9. The molecule has 4 heteroatoms. The zero-order chi connectivity index (χ0) is 16.4. The van der Waals surface area contributed by atoms with Crippen molar-refractivity contribution in [3.63, 3.8) is 0 Å². The number of rotatable bonds is 3. The van der Waals surface area contributed by atoms with Crippen LogP contribution >= 0.6 is 0 Å². The van der Waals surface area contributed by atoms with E-state index in [0.717, 1.165) is 27.7 Å².